The van der Waals surface area contributed by atoms with Gasteiger partial charge >= 0.3 is 5.97 Å². The van der Waals surface area contributed by atoms with E-state index in [2.05, 4.69) is 20.9 Å². The quantitative estimate of drug-likeness (QED) is 0.839. The van der Waals surface area contributed by atoms with Gasteiger partial charge in [-0.05, 0) is 45.1 Å². The lowest BCUT2D eigenvalue weighted by Gasteiger charge is -2.18. The molecule has 19 heavy (non-hydrogen) atoms. The first-order valence-electron chi connectivity index (χ1n) is 5.30. The third-order valence-corrected chi connectivity index (χ3v) is 4.21. The number of rotatable bonds is 4. The number of aromatic nitrogens is 1. The van der Waals surface area contributed by atoms with Gasteiger partial charge < -0.3 is 10.0 Å². The van der Waals surface area contributed by atoms with E-state index in [1.165, 1.54) is 12.1 Å². The molecule has 0 aliphatic heterocycles. The van der Waals surface area contributed by atoms with Crippen molar-refractivity contribution in [3.63, 3.8) is 0 Å². The number of carbonyl (C=O) groups is 1. The summed E-state index contributed by atoms with van der Waals surface area (Å²) in [6, 6.07) is 4.86. The van der Waals surface area contributed by atoms with Crippen molar-refractivity contribution in [1.29, 1.82) is 0 Å². The van der Waals surface area contributed by atoms with E-state index in [0.29, 0.717) is 12.4 Å². The molecule has 0 aliphatic rings. The molecular weight excluding hydrogens is 352 g/mol. The van der Waals surface area contributed by atoms with Gasteiger partial charge in [-0.25, -0.2) is 9.78 Å². The molecule has 0 aromatic carbocycles. The average molecular weight is 362 g/mol. The summed E-state index contributed by atoms with van der Waals surface area (Å²) in [7, 11) is 1.84. The zero-order valence-corrected chi connectivity index (χ0v) is 13.1. The monoisotopic (exact) mass is 360 g/mol. The number of pyridine rings is 1. The molecule has 0 spiro atoms. The number of thiophene rings is 1. The molecule has 2 rings (SSSR count). The van der Waals surface area contributed by atoms with Gasteiger partial charge in [-0.3, -0.25) is 0 Å². The molecule has 100 valence electrons. The number of halogens is 2. The van der Waals surface area contributed by atoms with Crippen molar-refractivity contribution >= 4 is 50.7 Å². The molecule has 1 N–H and O–H groups in total. The van der Waals surface area contributed by atoms with Gasteiger partial charge in [-0.1, -0.05) is 11.6 Å². The molecule has 2 aromatic heterocycles. The maximum atomic E-state index is 11.0. The van der Waals surface area contributed by atoms with Crippen molar-refractivity contribution in [2.75, 3.05) is 11.9 Å². The van der Waals surface area contributed by atoms with Gasteiger partial charge in [0, 0.05) is 13.6 Å². The minimum atomic E-state index is -1.02. The lowest BCUT2D eigenvalue weighted by molar-refractivity contribution is 0.0697. The molecule has 7 heteroatoms. The fraction of sp³-hybridized carbons (Fsp3) is 0.167. The van der Waals surface area contributed by atoms with Gasteiger partial charge in [0.1, 0.15) is 11.0 Å². The van der Waals surface area contributed by atoms with Crippen molar-refractivity contribution in [3.05, 3.63) is 43.6 Å². The largest absolute Gasteiger partial charge is 0.478 e. The smallest absolute Gasteiger partial charge is 0.335 e. The number of carboxylic acids is 1. The van der Waals surface area contributed by atoms with Crippen LogP contribution in [-0.2, 0) is 6.54 Å². The summed E-state index contributed by atoms with van der Waals surface area (Å²) in [4.78, 5) is 17.0. The van der Waals surface area contributed by atoms with Crippen LogP contribution in [0.15, 0.2) is 27.4 Å². The first kappa shape index (κ1) is 14.3. The van der Waals surface area contributed by atoms with Crippen LogP contribution < -0.4 is 4.90 Å². The second kappa shape index (κ2) is 5.90. The summed E-state index contributed by atoms with van der Waals surface area (Å²) in [6.45, 7) is 0.633. The molecule has 0 saturated heterocycles. The summed E-state index contributed by atoms with van der Waals surface area (Å²) in [5, 5.41) is 11.2. The van der Waals surface area contributed by atoms with E-state index in [9.17, 15) is 4.79 Å². The van der Waals surface area contributed by atoms with Crippen molar-refractivity contribution in [3.8, 4) is 0 Å². The molecule has 0 radical (unpaired) electrons. The predicted octanol–water partition coefficient (Wildman–Crippen LogP) is 3.89. The molecule has 0 amide bonds. The maximum Gasteiger partial charge on any atom is 0.335 e. The molecule has 4 nitrogen and oxygen atoms in total. The number of carboxylic acid groups (broad SMARTS) is 1. The number of hydrogen-bond acceptors (Lipinski definition) is 4. The number of aromatic carboxylic acids is 1. The predicted molar refractivity (Wildman–Crippen MR) is 80.3 cm³/mol. The Morgan fingerprint density at radius 3 is 2.84 bits per heavy atom. The summed E-state index contributed by atoms with van der Waals surface area (Å²) in [6.07, 6.45) is 0. The third-order valence-electron chi connectivity index (χ3n) is 2.46. The lowest BCUT2D eigenvalue weighted by atomic mass is 10.2. The fourth-order valence-electron chi connectivity index (χ4n) is 1.59. The third kappa shape index (κ3) is 3.68. The van der Waals surface area contributed by atoms with Gasteiger partial charge in [0.05, 0.1) is 9.35 Å². The molecule has 2 heterocycles. The van der Waals surface area contributed by atoms with Crippen LogP contribution in [0.3, 0.4) is 0 Å². The highest BCUT2D eigenvalue weighted by atomic mass is 79.9. The average Bonchev–Trinajstić information content (AvgIpc) is 2.73. The first-order chi connectivity index (χ1) is 8.95. The van der Waals surface area contributed by atoms with Crippen LogP contribution in [-0.4, -0.2) is 23.1 Å². The van der Waals surface area contributed by atoms with Gasteiger partial charge in [0.15, 0.2) is 0 Å². The molecule has 2 aromatic rings. The second-order valence-electron chi connectivity index (χ2n) is 3.96. The molecular formula is C12H10BrClN2O2S. The van der Waals surface area contributed by atoms with E-state index < -0.39 is 5.97 Å². The van der Waals surface area contributed by atoms with Crippen LogP contribution in [0.4, 0.5) is 5.82 Å². The molecule has 0 unspecified atom stereocenters. The van der Waals surface area contributed by atoms with Crippen LogP contribution in [0.2, 0.25) is 5.15 Å². The Kier molecular flexibility index (Phi) is 4.44. The van der Waals surface area contributed by atoms with Crippen molar-refractivity contribution in [1.82, 2.24) is 4.98 Å². The molecule has 0 atom stereocenters. The van der Waals surface area contributed by atoms with Crippen LogP contribution in [0.5, 0.6) is 0 Å². The van der Waals surface area contributed by atoms with E-state index in [0.717, 1.165) is 9.35 Å². The zero-order valence-electron chi connectivity index (χ0n) is 9.93. The number of anilines is 1. The fourth-order valence-corrected chi connectivity index (χ4v) is 2.99. The Morgan fingerprint density at radius 1 is 1.53 bits per heavy atom. The minimum Gasteiger partial charge on any atom is -0.478 e. The minimum absolute atomic E-state index is 0.133. The normalized spacial score (nSPS) is 10.5. The topological polar surface area (TPSA) is 53.4 Å². The SMILES string of the molecule is CN(Cc1csc(Br)c1)c1cc(C(=O)O)cc(Cl)n1. The Bertz CT molecular complexity index is 618. The highest BCUT2D eigenvalue weighted by Crippen LogP contribution is 2.24. The second-order valence-corrected chi connectivity index (χ2v) is 6.63. The standard InChI is InChI=1S/C12H10BrClN2O2S/c1-16(5-7-2-9(13)19-6-7)11-4-8(12(17)18)3-10(14)15-11/h2-4,6H,5H2,1H3,(H,17,18). The van der Waals surface area contributed by atoms with E-state index in [-0.39, 0.29) is 10.7 Å². The van der Waals surface area contributed by atoms with Gasteiger partial charge in [0.25, 0.3) is 0 Å². The Hall–Kier alpha value is -1.11. The van der Waals surface area contributed by atoms with Crippen LogP contribution >= 0.6 is 38.9 Å². The zero-order chi connectivity index (χ0) is 14.0. The Balaban J connectivity index is 2.23. The highest BCUT2D eigenvalue weighted by Gasteiger charge is 2.11. The Morgan fingerprint density at radius 2 is 2.26 bits per heavy atom. The summed E-state index contributed by atoms with van der Waals surface area (Å²) >= 11 is 10.8. The summed E-state index contributed by atoms with van der Waals surface area (Å²) in [5.41, 5.74) is 1.26. The van der Waals surface area contributed by atoms with Crippen LogP contribution in [0, 0.1) is 0 Å². The van der Waals surface area contributed by atoms with Crippen molar-refractivity contribution in [2.24, 2.45) is 0 Å². The summed E-state index contributed by atoms with van der Waals surface area (Å²) < 4.78 is 1.06. The van der Waals surface area contributed by atoms with E-state index >= 15 is 0 Å². The molecule has 0 bridgehead atoms. The van der Waals surface area contributed by atoms with E-state index in [1.807, 2.05) is 23.4 Å². The Labute approximate surface area is 127 Å². The molecule has 0 fully saturated rings. The van der Waals surface area contributed by atoms with Gasteiger partial charge in [-0.15, -0.1) is 11.3 Å². The first-order valence-corrected chi connectivity index (χ1v) is 7.35. The van der Waals surface area contributed by atoms with Gasteiger partial charge in [0.2, 0.25) is 0 Å². The van der Waals surface area contributed by atoms with Crippen molar-refractivity contribution in [2.45, 2.75) is 6.54 Å². The summed E-state index contributed by atoms with van der Waals surface area (Å²) in [5.74, 6) is -0.482. The maximum absolute atomic E-state index is 11.0. The van der Waals surface area contributed by atoms with E-state index in [4.69, 9.17) is 16.7 Å². The molecule has 0 saturated carbocycles. The highest BCUT2D eigenvalue weighted by molar-refractivity contribution is 9.11. The number of hydrogen-bond donors (Lipinski definition) is 1. The van der Waals surface area contributed by atoms with Crippen molar-refractivity contribution < 1.29 is 9.90 Å². The molecule has 0 aliphatic carbocycles. The van der Waals surface area contributed by atoms with E-state index in [1.54, 1.807) is 11.3 Å². The van der Waals surface area contributed by atoms with Crippen LogP contribution in [0.1, 0.15) is 15.9 Å². The van der Waals surface area contributed by atoms with Gasteiger partial charge in [-0.2, -0.15) is 0 Å². The number of nitrogens with zero attached hydrogens (tertiary/aromatic N) is 2. The van der Waals surface area contributed by atoms with Crippen LogP contribution in [0.25, 0.3) is 0 Å². The lowest BCUT2D eigenvalue weighted by Crippen LogP contribution is -2.18.